The number of halogens is 3. The van der Waals surface area contributed by atoms with Crippen LogP contribution in [0, 0.1) is 0 Å². The lowest BCUT2D eigenvalue weighted by molar-refractivity contribution is -0.133. The Morgan fingerprint density at radius 2 is 2.00 bits per heavy atom. The molecule has 0 N–H and O–H groups in total. The van der Waals surface area contributed by atoms with Gasteiger partial charge in [-0.25, -0.2) is 0 Å². The molecule has 1 heterocycles. The minimum absolute atomic E-state index is 0.0209. The molecule has 1 rings (SSSR count). The Morgan fingerprint density at radius 3 is 2.56 bits per heavy atom. The van der Waals surface area contributed by atoms with E-state index in [2.05, 4.69) is 0 Å². The number of allylic oxidation sites excluding steroid dienone is 1. The van der Waals surface area contributed by atoms with Crippen LogP contribution >= 0.6 is 0 Å². The van der Waals surface area contributed by atoms with Crippen LogP contribution in [-0.4, -0.2) is 28.2 Å². The molecule has 1 unspecified atom stereocenters. The summed E-state index contributed by atoms with van der Waals surface area (Å²) >= 11 is 0. The summed E-state index contributed by atoms with van der Waals surface area (Å²) in [5.41, 5.74) is 0. The molecule has 94 valence electrons. The molecule has 0 aromatic heterocycles. The van der Waals surface area contributed by atoms with E-state index in [9.17, 15) is 13.2 Å². The first-order chi connectivity index (χ1) is 7.41. The molecule has 0 aromatic rings. The van der Waals surface area contributed by atoms with Crippen LogP contribution in [0.4, 0.5) is 13.2 Å². The first-order valence-corrected chi connectivity index (χ1v) is 6.77. The predicted octanol–water partition coefficient (Wildman–Crippen LogP) is 2.54. The van der Waals surface area contributed by atoms with Crippen LogP contribution in [-0.2, 0) is 4.74 Å². The third-order valence-corrected chi connectivity index (χ3v) is 4.06. The average molecular weight is 252 g/mol. The quantitative estimate of drug-likeness (QED) is 0.552. The first-order valence-electron chi connectivity index (χ1n) is 5.77. The van der Waals surface area contributed by atoms with Gasteiger partial charge in [-0.1, -0.05) is 12.2 Å². The van der Waals surface area contributed by atoms with Crippen molar-refractivity contribution in [1.82, 2.24) is 0 Å². The Bertz CT molecular complexity index is 232. The van der Waals surface area contributed by atoms with Crippen molar-refractivity contribution >= 4 is 10.2 Å². The van der Waals surface area contributed by atoms with Gasteiger partial charge >= 0.3 is 6.18 Å². The van der Waals surface area contributed by atoms with E-state index in [0.717, 1.165) is 36.1 Å². The summed E-state index contributed by atoms with van der Waals surface area (Å²) in [6.45, 7) is 0.805. The van der Waals surface area contributed by atoms with E-state index in [4.69, 9.17) is 4.74 Å². The average Bonchev–Trinajstić information content (AvgIpc) is 2.16. The van der Waals surface area contributed by atoms with Gasteiger partial charge in [-0.15, -0.1) is 0 Å². The Balaban J connectivity index is 2.20. The van der Waals surface area contributed by atoms with Crippen LogP contribution < -0.4 is 0 Å². The summed E-state index contributed by atoms with van der Waals surface area (Å²) < 4.78 is 41.3. The van der Waals surface area contributed by atoms with Crippen LogP contribution in [0.25, 0.3) is 0 Å². The Hall–Kier alpha value is -0.293. The van der Waals surface area contributed by atoms with Crippen molar-refractivity contribution in [3.63, 3.8) is 0 Å². The maximum Gasteiger partial charge on any atom is 0.389 e. The van der Waals surface area contributed by atoms with Crippen molar-refractivity contribution in [1.29, 1.82) is 0 Å². The van der Waals surface area contributed by atoms with Crippen molar-refractivity contribution < 1.29 is 17.9 Å². The molecule has 0 amide bonds. The molecule has 0 radical (unpaired) electrons. The largest absolute Gasteiger partial charge is 0.389 e. The highest BCUT2D eigenvalue weighted by Crippen LogP contribution is 2.26. The Kier molecular flexibility index (Phi) is 5.05. The summed E-state index contributed by atoms with van der Waals surface area (Å²) in [7, 11) is 0.944. The fourth-order valence-electron chi connectivity index (χ4n) is 1.85. The lowest BCUT2D eigenvalue weighted by Gasteiger charge is -2.33. The molecule has 1 nitrogen and oxygen atoms in total. The normalized spacial score (nSPS) is 27.7. The zero-order valence-electron chi connectivity index (χ0n) is 9.65. The van der Waals surface area contributed by atoms with Crippen molar-refractivity contribution in [2.45, 2.75) is 49.9 Å². The molecule has 0 aliphatic carbocycles. The summed E-state index contributed by atoms with van der Waals surface area (Å²) in [5.74, 6) is 0. The van der Waals surface area contributed by atoms with E-state index in [-0.39, 0.29) is 11.6 Å². The van der Waals surface area contributed by atoms with Crippen LogP contribution in [0.15, 0.2) is 12.2 Å². The van der Waals surface area contributed by atoms with Crippen molar-refractivity contribution in [3.05, 3.63) is 12.2 Å². The van der Waals surface area contributed by atoms with Crippen LogP contribution in [0.5, 0.6) is 0 Å². The van der Waals surface area contributed by atoms with E-state index in [0.29, 0.717) is 0 Å². The van der Waals surface area contributed by atoms with Gasteiger partial charge in [-0.3, -0.25) is 0 Å². The summed E-state index contributed by atoms with van der Waals surface area (Å²) in [4.78, 5) is 0. The van der Waals surface area contributed by atoms with E-state index in [1.807, 2.05) is 6.08 Å². The number of rotatable bonds is 4. The Morgan fingerprint density at radius 1 is 1.25 bits per heavy atom. The van der Waals surface area contributed by atoms with Crippen LogP contribution in [0.1, 0.15) is 38.5 Å². The van der Waals surface area contributed by atoms with Crippen molar-refractivity contribution in [3.8, 4) is 0 Å². The number of ether oxygens (including phenoxy) is 1. The number of hydrogen-bond donors (Lipinski definition) is 0. The molecule has 1 atom stereocenters. The van der Waals surface area contributed by atoms with Crippen LogP contribution in [0.3, 0.4) is 0 Å². The van der Waals surface area contributed by atoms with E-state index in [1.54, 1.807) is 6.08 Å². The molecule has 1 aliphatic heterocycles. The van der Waals surface area contributed by atoms with Gasteiger partial charge in [0.1, 0.15) is 0 Å². The third-order valence-electron chi connectivity index (χ3n) is 2.86. The highest BCUT2D eigenvalue weighted by Gasteiger charge is 2.27. The highest BCUT2D eigenvalue weighted by molar-refractivity contribution is 6.14. The maximum absolute atomic E-state index is 11.9. The van der Waals surface area contributed by atoms with Crippen molar-refractivity contribution in [2.24, 2.45) is 0 Å². The topological polar surface area (TPSA) is 9.23 Å². The van der Waals surface area contributed by atoms with E-state index in [1.165, 1.54) is 6.42 Å². The second-order valence-corrected chi connectivity index (χ2v) is 6.41. The first kappa shape index (κ1) is 13.8. The minimum Gasteiger partial charge on any atom is -0.379 e. The van der Waals surface area contributed by atoms with Gasteiger partial charge in [0, 0.05) is 23.3 Å². The van der Waals surface area contributed by atoms with Crippen molar-refractivity contribution in [2.75, 3.05) is 6.61 Å². The molecule has 5 heteroatoms. The van der Waals surface area contributed by atoms with Gasteiger partial charge in [0.25, 0.3) is 0 Å². The number of hydrogen-bond acceptors (Lipinski definition) is 1. The molecule has 0 spiro atoms. The summed E-state index contributed by atoms with van der Waals surface area (Å²) in [6.07, 6.45) is 2.93. The highest BCUT2D eigenvalue weighted by atomic mass is 28.1. The lowest BCUT2D eigenvalue weighted by atomic mass is 10.0. The van der Waals surface area contributed by atoms with Gasteiger partial charge in [0.05, 0.1) is 5.22 Å². The van der Waals surface area contributed by atoms with Gasteiger partial charge in [0.15, 0.2) is 0 Å². The Labute approximate surface area is 97.5 Å². The molecule has 1 aliphatic rings. The number of alkyl halides is 3. The second-order valence-electron chi connectivity index (χ2n) is 4.58. The van der Waals surface area contributed by atoms with Gasteiger partial charge in [-0.2, -0.15) is 13.2 Å². The lowest BCUT2D eigenvalue weighted by Crippen LogP contribution is -2.36. The smallest absolute Gasteiger partial charge is 0.379 e. The molecule has 0 bridgehead atoms. The van der Waals surface area contributed by atoms with Gasteiger partial charge in [0.2, 0.25) is 0 Å². The van der Waals surface area contributed by atoms with Gasteiger partial charge < -0.3 is 4.74 Å². The molecular weight excluding hydrogens is 233 g/mol. The van der Waals surface area contributed by atoms with Gasteiger partial charge in [-0.05, 0) is 32.1 Å². The summed E-state index contributed by atoms with van der Waals surface area (Å²) in [5, 5.41) is -0.0209. The monoisotopic (exact) mass is 252 g/mol. The zero-order valence-corrected chi connectivity index (χ0v) is 11.6. The maximum atomic E-state index is 11.9. The third kappa shape index (κ3) is 5.70. The van der Waals surface area contributed by atoms with E-state index < -0.39 is 12.6 Å². The SMILES string of the molecule is FC(F)(F)CCC=CCC1([SiH3])CCCCO1. The molecular formula is C11H19F3OSi. The molecule has 1 saturated heterocycles. The molecule has 1 fully saturated rings. The molecule has 0 saturated carbocycles. The summed E-state index contributed by atoms with van der Waals surface area (Å²) in [6, 6.07) is 0. The standard InChI is InChI=1S/C11H19F3OSi/c12-11(13,14)8-3-1-2-6-10(16)7-4-5-9-15-10/h1-2H,3-9H2,16H3. The minimum atomic E-state index is -4.04. The fourth-order valence-corrected chi connectivity index (χ4v) is 2.64. The molecule has 16 heavy (non-hydrogen) atoms. The van der Waals surface area contributed by atoms with E-state index >= 15 is 0 Å². The predicted molar refractivity (Wildman–Crippen MR) is 61.5 cm³/mol. The zero-order chi connectivity index (χ0) is 12.1. The second kappa shape index (κ2) is 5.86. The molecule has 0 aromatic carbocycles. The van der Waals surface area contributed by atoms with Crippen LogP contribution in [0.2, 0.25) is 0 Å². The fraction of sp³-hybridized carbons (Fsp3) is 0.818.